The van der Waals surface area contributed by atoms with E-state index in [4.69, 9.17) is 4.74 Å². The van der Waals surface area contributed by atoms with Gasteiger partial charge in [0.25, 0.3) is 0 Å². The van der Waals surface area contributed by atoms with E-state index in [1.165, 1.54) is 12.2 Å². The van der Waals surface area contributed by atoms with E-state index in [0.29, 0.717) is 25.7 Å². The molecule has 0 aliphatic heterocycles. The molecule has 0 spiro atoms. The minimum atomic E-state index is -1.51. The maximum absolute atomic E-state index is 14.5. The molecule has 2 N–H and O–H groups in total. The molecular weight excluding hydrogens is 439 g/mol. The van der Waals surface area contributed by atoms with Crippen LogP contribution in [0.4, 0.5) is 4.39 Å². The maximum atomic E-state index is 14.5. The number of aliphatic hydroxyl groups is 2. The van der Waals surface area contributed by atoms with Crippen LogP contribution in [0.3, 0.4) is 0 Å². The summed E-state index contributed by atoms with van der Waals surface area (Å²) < 4.78 is 20.5. The van der Waals surface area contributed by atoms with E-state index in [9.17, 15) is 29.0 Å². The molecule has 188 valence electrons. The highest BCUT2D eigenvalue weighted by Gasteiger charge is 2.72. The van der Waals surface area contributed by atoms with Gasteiger partial charge in [0.15, 0.2) is 11.4 Å². The van der Waals surface area contributed by atoms with E-state index in [1.54, 1.807) is 0 Å². The van der Waals surface area contributed by atoms with Gasteiger partial charge in [-0.3, -0.25) is 14.4 Å². The third kappa shape index (κ3) is 3.37. The molecule has 0 heterocycles. The first-order valence-corrected chi connectivity index (χ1v) is 12.6. The molecule has 4 aliphatic rings. The number of fused-ring (bicyclic) bond motifs is 5. The second-order valence-electron chi connectivity index (χ2n) is 11.4. The van der Waals surface area contributed by atoms with E-state index in [-0.39, 0.29) is 36.5 Å². The molecule has 0 aromatic heterocycles. The van der Waals surface area contributed by atoms with Crippen LogP contribution in [0.25, 0.3) is 0 Å². The number of rotatable bonds is 6. The molecular formula is C27H37FO6. The lowest BCUT2D eigenvalue weighted by Crippen LogP contribution is -2.64. The van der Waals surface area contributed by atoms with Gasteiger partial charge in [-0.15, -0.1) is 0 Å². The number of aliphatic hydroxyl groups excluding tert-OH is 2. The van der Waals surface area contributed by atoms with Crippen molar-refractivity contribution in [3.8, 4) is 0 Å². The van der Waals surface area contributed by atoms with E-state index in [1.807, 2.05) is 27.7 Å². The van der Waals surface area contributed by atoms with Crippen molar-refractivity contribution in [1.82, 2.24) is 0 Å². The lowest BCUT2D eigenvalue weighted by molar-refractivity contribution is -0.205. The largest absolute Gasteiger partial charge is 0.450 e. The Labute approximate surface area is 200 Å². The molecule has 0 unspecified atom stereocenters. The van der Waals surface area contributed by atoms with Crippen LogP contribution in [-0.2, 0) is 19.1 Å². The molecule has 4 aliphatic carbocycles. The molecule has 3 fully saturated rings. The van der Waals surface area contributed by atoms with Gasteiger partial charge in [-0.1, -0.05) is 39.7 Å². The van der Waals surface area contributed by atoms with Gasteiger partial charge in [0.05, 0.1) is 6.10 Å². The number of Topliss-reactive ketones (excluding diaryl/α,β-unsaturated/α-hetero) is 1. The van der Waals surface area contributed by atoms with E-state index < -0.39 is 52.5 Å². The van der Waals surface area contributed by atoms with Gasteiger partial charge in [0.1, 0.15) is 6.61 Å². The Morgan fingerprint density at radius 1 is 1.29 bits per heavy atom. The normalized spacial score (nSPS) is 43.3. The zero-order valence-corrected chi connectivity index (χ0v) is 20.6. The summed E-state index contributed by atoms with van der Waals surface area (Å²) in [6.45, 7) is 6.93. The first kappa shape index (κ1) is 25.2. The van der Waals surface area contributed by atoms with Crippen molar-refractivity contribution in [2.24, 2.45) is 34.5 Å². The summed E-state index contributed by atoms with van der Waals surface area (Å²) in [5, 5.41) is 21.5. The highest BCUT2D eigenvalue weighted by Crippen LogP contribution is 2.69. The fourth-order valence-corrected chi connectivity index (χ4v) is 8.24. The second-order valence-corrected chi connectivity index (χ2v) is 11.4. The summed E-state index contributed by atoms with van der Waals surface area (Å²) >= 11 is 0. The Morgan fingerprint density at radius 2 is 2.00 bits per heavy atom. The number of ketones is 2. The highest BCUT2D eigenvalue weighted by atomic mass is 19.1. The summed E-state index contributed by atoms with van der Waals surface area (Å²) in [5.41, 5.74) is -2.31. The summed E-state index contributed by atoms with van der Waals surface area (Å²) in [6, 6.07) is 0. The van der Waals surface area contributed by atoms with Crippen molar-refractivity contribution in [3.05, 3.63) is 23.6 Å². The Balaban J connectivity index is 1.76. The minimum Gasteiger partial charge on any atom is -0.450 e. The van der Waals surface area contributed by atoms with Gasteiger partial charge >= 0.3 is 5.97 Å². The van der Waals surface area contributed by atoms with Crippen LogP contribution in [0.15, 0.2) is 23.6 Å². The van der Waals surface area contributed by atoms with Crippen LogP contribution < -0.4 is 0 Å². The number of carbonyl (C=O) groups excluding carboxylic acids is 3. The molecule has 6 nitrogen and oxygen atoms in total. The molecule has 0 aromatic carbocycles. The number of unbranched alkanes of at least 4 members (excludes halogenated alkanes) is 1. The smallest absolute Gasteiger partial charge is 0.306 e. The number of ether oxygens (including phenoxy) is 1. The third-order valence-corrected chi connectivity index (χ3v) is 9.66. The average molecular weight is 477 g/mol. The quantitative estimate of drug-likeness (QED) is 0.565. The summed E-state index contributed by atoms with van der Waals surface area (Å²) in [7, 11) is 0. The van der Waals surface area contributed by atoms with E-state index in [0.717, 1.165) is 12.0 Å². The Kier molecular flexibility index (Phi) is 6.43. The van der Waals surface area contributed by atoms with Crippen molar-refractivity contribution in [3.63, 3.8) is 0 Å². The fourth-order valence-electron chi connectivity index (χ4n) is 8.24. The first-order chi connectivity index (χ1) is 16.0. The summed E-state index contributed by atoms with van der Waals surface area (Å²) in [6.07, 6.45) is 5.65. The first-order valence-electron chi connectivity index (χ1n) is 12.6. The van der Waals surface area contributed by atoms with Crippen molar-refractivity contribution >= 4 is 17.5 Å². The predicted octanol–water partition coefficient (Wildman–Crippen LogP) is 3.84. The molecule has 7 heteroatoms. The van der Waals surface area contributed by atoms with Crippen LogP contribution in [0.2, 0.25) is 0 Å². The molecule has 0 bridgehead atoms. The van der Waals surface area contributed by atoms with Crippen molar-refractivity contribution in [2.75, 3.05) is 6.61 Å². The van der Waals surface area contributed by atoms with Gasteiger partial charge in [-0.25, -0.2) is 4.39 Å². The van der Waals surface area contributed by atoms with Crippen molar-refractivity contribution in [1.29, 1.82) is 0 Å². The minimum absolute atomic E-state index is 0.0432. The SMILES string of the molecule is CCCCC(=O)O[C@]1(C(=O)CO)[C@@H](C)C[C@H]2[C@@H]3CCC4=CC(=O)C(F)=C[C@]4(C)[C@H]3[C@@H](O)C[C@@]21C. The topological polar surface area (TPSA) is 101 Å². The zero-order valence-electron chi connectivity index (χ0n) is 20.6. The van der Waals surface area contributed by atoms with Gasteiger partial charge in [0, 0.05) is 29.1 Å². The third-order valence-electron chi connectivity index (χ3n) is 9.66. The predicted molar refractivity (Wildman–Crippen MR) is 123 cm³/mol. The lowest BCUT2D eigenvalue weighted by Gasteiger charge is -2.60. The molecule has 0 radical (unpaired) electrons. The summed E-state index contributed by atoms with van der Waals surface area (Å²) in [5.74, 6) is -3.13. The molecule has 0 aromatic rings. The van der Waals surface area contributed by atoms with Gasteiger partial charge in [-0.05, 0) is 56.1 Å². The standard InChI is InChI=1S/C27H37FO6/c1-5-6-7-23(33)34-27(22(32)14-29)15(2)10-18-17-9-8-16-11-20(30)19(28)12-25(16,3)24(17)21(31)13-26(18,27)4/h11-12,15,17-18,21,24,29,31H,5-10,13-14H2,1-4H3/t15-,17-,18-,21-,24+,25-,26-,27-/m0/s1. The number of allylic oxidation sites excluding steroid dienone is 4. The molecule has 3 saturated carbocycles. The second kappa shape index (κ2) is 8.66. The molecule has 34 heavy (non-hydrogen) atoms. The van der Waals surface area contributed by atoms with Crippen molar-refractivity contribution in [2.45, 2.75) is 84.3 Å². The van der Waals surface area contributed by atoms with Crippen LogP contribution in [0, 0.1) is 34.5 Å². The van der Waals surface area contributed by atoms with Crippen LogP contribution in [0.1, 0.15) is 72.6 Å². The summed E-state index contributed by atoms with van der Waals surface area (Å²) in [4.78, 5) is 38.1. The Hall–Kier alpha value is -1.86. The zero-order chi connectivity index (χ0) is 25.1. The van der Waals surface area contributed by atoms with Gasteiger partial charge in [-0.2, -0.15) is 0 Å². The van der Waals surface area contributed by atoms with Crippen LogP contribution in [-0.4, -0.2) is 46.1 Å². The van der Waals surface area contributed by atoms with Crippen molar-refractivity contribution < 1.29 is 33.7 Å². The van der Waals surface area contributed by atoms with Crippen LogP contribution >= 0.6 is 0 Å². The number of hydrogen-bond donors (Lipinski definition) is 2. The maximum Gasteiger partial charge on any atom is 0.306 e. The van der Waals surface area contributed by atoms with E-state index in [2.05, 4.69) is 0 Å². The number of carbonyl (C=O) groups is 3. The fraction of sp³-hybridized carbons (Fsp3) is 0.741. The monoisotopic (exact) mass is 476 g/mol. The Bertz CT molecular complexity index is 955. The highest BCUT2D eigenvalue weighted by molar-refractivity contribution is 6.04. The van der Waals surface area contributed by atoms with E-state index >= 15 is 0 Å². The van der Waals surface area contributed by atoms with Crippen LogP contribution in [0.5, 0.6) is 0 Å². The number of hydrogen-bond acceptors (Lipinski definition) is 6. The molecule has 8 atom stereocenters. The average Bonchev–Trinajstić information content (AvgIpc) is 2.99. The van der Waals surface area contributed by atoms with Gasteiger partial charge in [0.2, 0.25) is 11.6 Å². The number of halogens is 1. The molecule has 0 saturated heterocycles. The molecule has 4 rings (SSSR count). The van der Waals surface area contributed by atoms with Gasteiger partial charge < -0.3 is 14.9 Å². The Morgan fingerprint density at radius 3 is 2.65 bits per heavy atom. The number of esters is 1. The molecule has 0 amide bonds. The lowest BCUT2D eigenvalue weighted by atomic mass is 9.46.